The number of phenols is 1. The van der Waals surface area contributed by atoms with Crippen LogP contribution in [0.2, 0.25) is 0 Å². The highest BCUT2D eigenvalue weighted by Crippen LogP contribution is 2.39. The fraction of sp³-hybridized carbons (Fsp3) is 0.294. The Morgan fingerprint density at radius 2 is 1.86 bits per heavy atom. The van der Waals surface area contributed by atoms with Crippen molar-refractivity contribution in [2.24, 2.45) is 5.92 Å². The summed E-state index contributed by atoms with van der Waals surface area (Å²) >= 11 is 0. The molecule has 0 aromatic heterocycles. The summed E-state index contributed by atoms with van der Waals surface area (Å²) in [5, 5.41) is 19.8. The third kappa shape index (κ3) is 3.36. The highest BCUT2D eigenvalue weighted by atomic mass is 16.5. The lowest BCUT2D eigenvalue weighted by Gasteiger charge is -2.15. The Kier molecular flexibility index (Phi) is 4.99. The Morgan fingerprint density at radius 1 is 1.09 bits per heavy atom. The molecule has 118 valence electrons. The molecular formula is C17H20O5. The average Bonchev–Trinajstić information content (AvgIpc) is 2.52. The van der Waals surface area contributed by atoms with Crippen LogP contribution in [-0.2, 0) is 4.74 Å². The first-order chi connectivity index (χ1) is 10.6. The third-order valence-electron chi connectivity index (χ3n) is 3.44. The monoisotopic (exact) mass is 304 g/mol. The van der Waals surface area contributed by atoms with Gasteiger partial charge < -0.3 is 24.4 Å². The van der Waals surface area contributed by atoms with E-state index < -0.39 is 0 Å². The molecule has 1 aliphatic carbocycles. The number of hydrogen-bond donors (Lipinski definition) is 2. The van der Waals surface area contributed by atoms with Crippen LogP contribution in [0.25, 0.3) is 6.08 Å². The van der Waals surface area contributed by atoms with Crippen LogP contribution in [0.15, 0.2) is 41.9 Å². The Balaban J connectivity index is 2.26. The largest absolute Gasteiger partial charge is 0.512 e. The van der Waals surface area contributed by atoms with Crippen molar-refractivity contribution in [2.45, 2.75) is 6.42 Å². The lowest BCUT2D eigenvalue weighted by atomic mass is 9.97. The maximum atomic E-state index is 10.1. The van der Waals surface area contributed by atoms with Gasteiger partial charge in [0, 0.05) is 24.0 Å². The van der Waals surface area contributed by atoms with Crippen molar-refractivity contribution in [3.05, 3.63) is 47.4 Å². The van der Waals surface area contributed by atoms with Gasteiger partial charge in [-0.25, -0.2) is 0 Å². The Morgan fingerprint density at radius 3 is 2.50 bits per heavy atom. The Bertz CT molecular complexity index is 628. The van der Waals surface area contributed by atoms with Crippen molar-refractivity contribution < 1.29 is 24.4 Å². The van der Waals surface area contributed by atoms with Crippen LogP contribution in [0.5, 0.6) is 17.2 Å². The van der Waals surface area contributed by atoms with Gasteiger partial charge in [-0.05, 0) is 18.2 Å². The molecule has 0 saturated heterocycles. The second-order valence-corrected chi connectivity index (χ2v) is 4.87. The van der Waals surface area contributed by atoms with Crippen LogP contribution in [0, 0.1) is 5.92 Å². The molecule has 0 fully saturated rings. The van der Waals surface area contributed by atoms with E-state index in [1.54, 1.807) is 25.3 Å². The second-order valence-electron chi connectivity index (χ2n) is 4.87. The first-order valence-electron chi connectivity index (χ1n) is 6.86. The fourth-order valence-electron chi connectivity index (χ4n) is 2.34. The summed E-state index contributed by atoms with van der Waals surface area (Å²) in [6.45, 7) is 0. The molecule has 1 aromatic carbocycles. The normalized spacial score (nSPS) is 17.9. The minimum atomic E-state index is -0.0355. The molecule has 5 nitrogen and oxygen atoms in total. The summed E-state index contributed by atoms with van der Waals surface area (Å²) < 4.78 is 15.4. The molecule has 2 N–H and O–H groups in total. The van der Waals surface area contributed by atoms with Crippen LogP contribution in [0.4, 0.5) is 0 Å². The minimum absolute atomic E-state index is 0.00824. The van der Waals surface area contributed by atoms with E-state index in [1.165, 1.54) is 14.2 Å². The molecule has 0 spiro atoms. The minimum Gasteiger partial charge on any atom is -0.512 e. The molecule has 22 heavy (non-hydrogen) atoms. The van der Waals surface area contributed by atoms with Crippen molar-refractivity contribution in [3.8, 4) is 17.2 Å². The van der Waals surface area contributed by atoms with Crippen molar-refractivity contribution in [1.29, 1.82) is 0 Å². The number of phenolic OH excluding ortho intramolecular Hbond substituents is 1. The van der Waals surface area contributed by atoms with Gasteiger partial charge in [-0.15, -0.1) is 0 Å². The molecule has 1 aliphatic rings. The quantitative estimate of drug-likeness (QED) is 0.872. The number of aliphatic hydroxyl groups excluding tert-OH is 1. The molecule has 1 aromatic rings. The average molecular weight is 304 g/mol. The van der Waals surface area contributed by atoms with Gasteiger partial charge in [0.05, 0.1) is 27.1 Å². The number of ether oxygens (including phenoxy) is 3. The van der Waals surface area contributed by atoms with E-state index in [0.717, 1.165) is 5.56 Å². The van der Waals surface area contributed by atoms with Gasteiger partial charge in [0.2, 0.25) is 5.75 Å². The zero-order chi connectivity index (χ0) is 16.1. The van der Waals surface area contributed by atoms with Gasteiger partial charge in [0.25, 0.3) is 0 Å². The van der Waals surface area contributed by atoms with Gasteiger partial charge in [-0.3, -0.25) is 0 Å². The van der Waals surface area contributed by atoms with E-state index in [2.05, 4.69) is 0 Å². The van der Waals surface area contributed by atoms with Crippen LogP contribution < -0.4 is 9.47 Å². The first kappa shape index (κ1) is 15.8. The number of rotatable bonds is 5. The molecule has 0 unspecified atom stereocenters. The third-order valence-corrected chi connectivity index (χ3v) is 3.44. The molecule has 0 aliphatic heterocycles. The molecule has 0 radical (unpaired) electrons. The predicted molar refractivity (Wildman–Crippen MR) is 84.2 cm³/mol. The number of methoxy groups -OCH3 is 3. The number of aliphatic hydroxyl groups is 1. The van der Waals surface area contributed by atoms with E-state index in [1.807, 2.05) is 18.2 Å². The summed E-state index contributed by atoms with van der Waals surface area (Å²) in [4.78, 5) is 0. The second kappa shape index (κ2) is 6.93. The molecule has 1 atom stereocenters. The maximum absolute atomic E-state index is 10.1. The Labute approximate surface area is 129 Å². The summed E-state index contributed by atoms with van der Waals surface area (Å²) in [7, 11) is 4.54. The van der Waals surface area contributed by atoms with Crippen LogP contribution in [-0.4, -0.2) is 31.5 Å². The summed E-state index contributed by atoms with van der Waals surface area (Å²) in [5.41, 5.74) is 0.724. The molecule has 0 heterocycles. The summed E-state index contributed by atoms with van der Waals surface area (Å²) in [5.74, 6) is 1.58. The molecule has 0 amide bonds. The lowest BCUT2D eigenvalue weighted by molar-refractivity contribution is 0.287. The van der Waals surface area contributed by atoms with E-state index in [4.69, 9.17) is 14.2 Å². The molecule has 0 bridgehead atoms. The summed E-state index contributed by atoms with van der Waals surface area (Å²) in [6, 6.07) is 3.47. The van der Waals surface area contributed by atoms with Crippen molar-refractivity contribution >= 4 is 6.08 Å². The van der Waals surface area contributed by atoms with Crippen molar-refractivity contribution in [1.82, 2.24) is 0 Å². The van der Waals surface area contributed by atoms with E-state index in [-0.39, 0.29) is 17.4 Å². The Hall–Kier alpha value is -2.56. The number of benzene rings is 1. The van der Waals surface area contributed by atoms with E-state index >= 15 is 0 Å². The highest BCUT2D eigenvalue weighted by Gasteiger charge is 2.15. The SMILES string of the molecule is COC1=C[C@H](/C=C\c2ccc(OC)c(O)c2OC)CC(O)=C1. The number of allylic oxidation sites excluding steroid dienone is 4. The van der Waals surface area contributed by atoms with Gasteiger partial charge in [-0.1, -0.05) is 12.2 Å². The lowest BCUT2D eigenvalue weighted by Crippen LogP contribution is -2.03. The first-order valence-corrected chi connectivity index (χ1v) is 6.86. The smallest absolute Gasteiger partial charge is 0.201 e. The van der Waals surface area contributed by atoms with Crippen LogP contribution in [0.3, 0.4) is 0 Å². The zero-order valence-corrected chi connectivity index (χ0v) is 12.9. The molecule has 0 saturated carbocycles. The van der Waals surface area contributed by atoms with Crippen LogP contribution >= 0.6 is 0 Å². The maximum Gasteiger partial charge on any atom is 0.201 e. The fourth-order valence-corrected chi connectivity index (χ4v) is 2.34. The number of aromatic hydroxyl groups is 1. The van der Waals surface area contributed by atoms with E-state index in [9.17, 15) is 10.2 Å². The van der Waals surface area contributed by atoms with Crippen molar-refractivity contribution in [3.63, 3.8) is 0 Å². The molecule has 2 rings (SSSR count). The number of hydrogen-bond acceptors (Lipinski definition) is 5. The standard InChI is InChI=1S/C17H20O5/c1-20-14-9-11(8-13(18)10-14)4-5-12-6-7-15(21-2)16(19)17(12)22-3/h4-7,9-11,18-19H,8H2,1-3H3/b5-4-/t11-/m1/s1. The van der Waals surface area contributed by atoms with Gasteiger partial charge in [0.15, 0.2) is 11.5 Å². The molecular weight excluding hydrogens is 284 g/mol. The van der Waals surface area contributed by atoms with Gasteiger partial charge in [0.1, 0.15) is 5.76 Å². The topological polar surface area (TPSA) is 68.2 Å². The van der Waals surface area contributed by atoms with Gasteiger partial charge in [-0.2, -0.15) is 0 Å². The predicted octanol–water partition coefficient (Wildman–Crippen LogP) is 3.41. The van der Waals surface area contributed by atoms with Gasteiger partial charge >= 0.3 is 0 Å². The van der Waals surface area contributed by atoms with E-state index in [0.29, 0.717) is 23.7 Å². The summed E-state index contributed by atoms with van der Waals surface area (Å²) in [6.07, 6.45) is 7.79. The van der Waals surface area contributed by atoms with Crippen molar-refractivity contribution in [2.75, 3.05) is 21.3 Å². The van der Waals surface area contributed by atoms with Crippen LogP contribution in [0.1, 0.15) is 12.0 Å². The zero-order valence-electron chi connectivity index (χ0n) is 12.9. The molecule has 5 heteroatoms. The highest BCUT2D eigenvalue weighted by molar-refractivity contribution is 5.66.